The van der Waals surface area contributed by atoms with Crippen LogP contribution in [0.3, 0.4) is 0 Å². The van der Waals surface area contributed by atoms with E-state index >= 15 is 0 Å². The van der Waals surface area contributed by atoms with Gasteiger partial charge < -0.3 is 29.3 Å². The Morgan fingerprint density at radius 1 is 1.11 bits per heavy atom. The Hall–Kier alpha value is -3.23. The third kappa shape index (κ3) is 4.03. The summed E-state index contributed by atoms with van der Waals surface area (Å²) in [5.74, 6) is 2.98. The van der Waals surface area contributed by atoms with Crippen LogP contribution < -0.4 is 19.7 Å². The number of aromatic nitrogens is 2. The summed E-state index contributed by atoms with van der Waals surface area (Å²) in [4.78, 5) is 24.4. The van der Waals surface area contributed by atoms with Crippen molar-refractivity contribution in [3.63, 3.8) is 0 Å². The van der Waals surface area contributed by atoms with Gasteiger partial charge in [0.25, 0.3) is 0 Å². The van der Waals surface area contributed by atoms with Gasteiger partial charge in [-0.3, -0.25) is 0 Å². The molecule has 28 heavy (non-hydrogen) atoms. The molecule has 2 aliphatic heterocycles. The first-order valence-corrected chi connectivity index (χ1v) is 9.38. The average Bonchev–Trinajstić information content (AvgIpc) is 2.74. The van der Waals surface area contributed by atoms with Crippen LogP contribution in [0.25, 0.3) is 0 Å². The molecule has 1 N–H and O–H groups in total. The summed E-state index contributed by atoms with van der Waals surface area (Å²) < 4.78 is 16.2. The molecule has 1 amide bonds. The molecule has 0 radical (unpaired) electrons. The van der Waals surface area contributed by atoms with Gasteiger partial charge in [0.05, 0.1) is 6.61 Å². The van der Waals surface area contributed by atoms with Crippen molar-refractivity contribution in [1.29, 1.82) is 0 Å². The van der Waals surface area contributed by atoms with Gasteiger partial charge in [-0.05, 0) is 19.1 Å². The zero-order valence-electron chi connectivity index (χ0n) is 15.8. The number of fused-ring (bicyclic) bond motifs is 1. The molecule has 2 aromatic rings. The van der Waals surface area contributed by atoms with Crippen molar-refractivity contribution in [2.24, 2.45) is 0 Å². The van der Waals surface area contributed by atoms with Crippen LogP contribution in [0.1, 0.15) is 6.92 Å². The van der Waals surface area contributed by atoms with Crippen LogP contribution in [0.4, 0.5) is 22.1 Å². The Morgan fingerprint density at radius 2 is 1.89 bits per heavy atom. The lowest BCUT2D eigenvalue weighted by molar-refractivity contribution is 0.105. The molecule has 148 valence electrons. The number of nitrogens with zero attached hydrogens (tertiary/aromatic N) is 4. The van der Waals surface area contributed by atoms with E-state index in [2.05, 4.69) is 20.2 Å². The molecule has 0 atom stereocenters. The van der Waals surface area contributed by atoms with Gasteiger partial charge in [0.2, 0.25) is 0 Å². The first kappa shape index (κ1) is 18.1. The van der Waals surface area contributed by atoms with E-state index < -0.39 is 0 Å². The molecule has 1 aromatic carbocycles. The van der Waals surface area contributed by atoms with Gasteiger partial charge in [0.1, 0.15) is 31.2 Å². The maximum atomic E-state index is 11.8. The molecule has 0 saturated carbocycles. The molecule has 0 unspecified atom stereocenters. The van der Waals surface area contributed by atoms with E-state index in [1.807, 2.05) is 31.2 Å². The first-order chi connectivity index (χ1) is 13.7. The standard InChI is InChI=1S/C19H23N5O4/c1-2-26-19(25)24-7-5-23(6-8-24)18-12-17(20-13-21-18)22-14-3-4-15-16(11-14)28-10-9-27-15/h3-4,11-13H,2,5-10H2,1H3,(H,20,21,22). The topological polar surface area (TPSA) is 89.1 Å². The minimum absolute atomic E-state index is 0.259. The monoisotopic (exact) mass is 385 g/mol. The molecule has 1 aromatic heterocycles. The molecule has 0 spiro atoms. The summed E-state index contributed by atoms with van der Waals surface area (Å²) >= 11 is 0. The van der Waals surface area contributed by atoms with Gasteiger partial charge in [-0.25, -0.2) is 14.8 Å². The van der Waals surface area contributed by atoms with Gasteiger partial charge in [-0.1, -0.05) is 0 Å². The number of hydrogen-bond donors (Lipinski definition) is 1. The third-order valence-electron chi connectivity index (χ3n) is 4.60. The van der Waals surface area contributed by atoms with Gasteiger partial charge in [-0.15, -0.1) is 0 Å². The van der Waals surface area contributed by atoms with Crippen molar-refractivity contribution < 1.29 is 19.0 Å². The van der Waals surface area contributed by atoms with Crippen LogP contribution in [-0.4, -0.2) is 67.0 Å². The van der Waals surface area contributed by atoms with Crippen molar-refractivity contribution in [2.75, 3.05) is 56.2 Å². The van der Waals surface area contributed by atoms with Crippen molar-refractivity contribution in [3.8, 4) is 11.5 Å². The number of rotatable bonds is 4. The fourth-order valence-corrected chi connectivity index (χ4v) is 3.19. The number of nitrogens with one attached hydrogen (secondary N) is 1. The molecule has 1 fully saturated rings. The number of benzene rings is 1. The fraction of sp³-hybridized carbons (Fsp3) is 0.421. The van der Waals surface area contributed by atoms with Gasteiger partial charge in [0, 0.05) is 44.0 Å². The number of amides is 1. The Balaban J connectivity index is 1.40. The van der Waals surface area contributed by atoms with Crippen molar-refractivity contribution >= 4 is 23.4 Å². The normalized spacial score (nSPS) is 15.9. The summed E-state index contributed by atoms with van der Waals surface area (Å²) in [7, 11) is 0. The number of carbonyl (C=O) groups excluding carboxylic acids is 1. The molecule has 9 heteroatoms. The fourth-order valence-electron chi connectivity index (χ4n) is 3.19. The van der Waals surface area contributed by atoms with Crippen LogP contribution in [0.15, 0.2) is 30.6 Å². The summed E-state index contributed by atoms with van der Waals surface area (Å²) in [6.45, 7) is 5.91. The minimum atomic E-state index is -0.259. The lowest BCUT2D eigenvalue weighted by atomic mass is 10.2. The van der Waals surface area contributed by atoms with E-state index in [0.717, 1.165) is 23.0 Å². The van der Waals surface area contributed by atoms with Gasteiger partial charge in [-0.2, -0.15) is 0 Å². The molecular formula is C19H23N5O4. The highest BCUT2D eigenvalue weighted by Gasteiger charge is 2.23. The Kier molecular flexibility index (Phi) is 5.31. The second-order valence-corrected chi connectivity index (χ2v) is 6.42. The van der Waals surface area contributed by atoms with E-state index in [-0.39, 0.29) is 6.09 Å². The third-order valence-corrected chi connectivity index (χ3v) is 4.60. The smallest absolute Gasteiger partial charge is 0.409 e. The Labute approximate surface area is 163 Å². The predicted octanol–water partition coefficient (Wildman–Crippen LogP) is 2.27. The van der Waals surface area contributed by atoms with Gasteiger partial charge in [0.15, 0.2) is 11.5 Å². The number of anilines is 3. The Bertz CT molecular complexity index is 839. The maximum Gasteiger partial charge on any atom is 0.409 e. The molecule has 4 rings (SSSR count). The summed E-state index contributed by atoms with van der Waals surface area (Å²) in [6, 6.07) is 7.60. The molecule has 0 aliphatic carbocycles. The van der Waals surface area contributed by atoms with E-state index in [9.17, 15) is 4.79 Å². The summed E-state index contributed by atoms with van der Waals surface area (Å²) in [5, 5.41) is 3.28. The van der Waals surface area contributed by atoms with E-state index in [1.165, 1.54) is 6.33 Å². The van der Waals surface area contributed by atoms with Crippen molar-refractivity contribution in [2.45, 2.75) is 6.92 Å². The molecule has 9 nitrogen and oxygen atoms in total. The van der Waals surface area contributed by atoms with E-state index in [1.54, 1.807) is 4.90 Å². The number of carbonyl (C=O) groups is 1. The van der Waals surface area contributed by atoms with Crippen molar-refractivity contribution in [1.82, 2.24) is 14.9 Å². The highest BCUT2D eigenvalue weighted by atomic mass is 16.6. The number of hydrogen-bond acceptors (Lipinski definition) is 8. The van der Waals surface area contributed by atoms with Crippen LogP contribution in [-0.2, 0) is 4.74 Å². The van der Waals surface area contributed by atoms with Crippen molar-refractivity contribution in [3.05, 3.63) is 30.6 Å². The van der Waals surface area contributed by atoms with Crippen LogP contribution >= 0.6 is 0 Å². The van der Waals surface area contributed by atoms with E-state index in [0.29, 0.717) is 51.8 Å². The largest absolute Gasteiger partial charge is 0.486 e. The van der Waals surface area contributed by atoms with Crippen LogP contribution in [0.5, 0.6) is 11.5 Å². The summed E-state index contributed by atoms with van der Waals surface area (Å²) in [5.41, 5.74) is 0.862. The second-order valence-electron chi connectivity index (χ2n) is 6.42. The Morgan fingerprint density at radius 3 is 2.68 bits per heavy atom. The molecule has 0 bridgehead atoms. The zero-order valence-corrected chi connectivity index (χ0v) is 15.8. The SMILES string of the molecule is CCOC(=O)N1CCN(c2cc(Nc3ccc4c(c3)OCCO4)ncn2)CC1. The predicted molar refractivity (Wildman–Crippen MR) is 104 cm³/mol. The average molecular weight is 385 g/mol. The zero-order chi connectivity index (χ0) is 19.3. The molecule has 2 aliphatic rings. The number of piperazine rings is 1. The molecular weight excluding hydrogens is 362 g/mol. The minimum Gasteiger partial charge on any atom is -0.486 e. The maximum absolute atomic E-state index is 11.8. The number of ether oxygens (including phenoxy) is 3. The van der Waals surface area contributed by atoms with E-state index in [4.69, 9.17) is 14.2 Å². The molecule has 3 heterocycles. The second kappa shape index (κ2) is 8.20. The molecule has 1 saturated heterocycles. The summed E-state index contributed by atoms with van der Waals surface area (Å²) in [6.07, 6.45) is 1.28. The lowest BCUT2D eigenvalue weighted by Gasteiger charge is -2.34. The van der Waals surface area contributed by atoms with Crippen LogP contribution in [0, 0.1) is 0 Å². The van der Waals surface area contributed by atoms with Gasteiger partial charge >= 0.3 is 6.09 Å². The quantitative estimate of drug-likeness (QED) is 0.857. The lowest BCUT2D eigenvalue weighted by Crippen LogP contribution is -2.49. The highest BCUT2D eigenvalue weighted by Crippen LogP contribution is 2.33. The van der Waals surface area contributed by atoms with Crippen LogP contribution in [0.2, 0.25) is 0 Å². The first-order valence-electron chi connectivity index (χ1n) is 9.38. The highest BCUT2D eigenvalue weighted by molar-refractivity contribution is 5.68.